The van der Waals surface area contributed by atoms with Crippen LogP contribution in [0, 0.1) is 18.3 Å². The van der Waals surface area contributed by atoms with Gasteiger partial charge in [0, 0.05) is 11.3 Å². The first-order valence-corrected chi connectivity index (χ1v) is 7.35. The molecule has 114 valence electrons. The first kappa shape index (κ1) is 14.5. The molecule has 7 nitrogen and oxygen atoms in total. The normalized spacial score (nSPS) is 16.6. The molecule has 1 aliphatic heterocycles. The summed E-state index contributed by atoms with van der Waals surface area (Å²) in [7, 11) is 2.14. The Bertz CT molecular complexity index is 720. The van der Waals surface area contributed by atoms with Crippen molar-refractivity contribution < 1.29 is 0 Å². The third-order valence-corrected chi connectivity index (χ3v) is 4.26. The van der Waals surface area contributed by atoms with Gasteiger partial charge in [-0.15, -0.1) is 0 Å². The molecule has 0 aromatic carbocycles. The summed E-state index contributed by atoms with van der Waals surface area (Å²) in [5.41, 5.74) is 8.52. The predicted octanol–water partition coefficient (Wildman–Crippen LogP) is 1.37. The minimum Gasteiger partial charge on any atom is -0.368 e. The van der Waals surface area contributed by atoms with Crippen molar-refractivity contribution in [1.82, 2.24) is 24.6 Å². The molecule has 0 atom stereocenters. The Kier molecular flexibility index (Phi) is 3.77. The molecule has 1 fully saturated rings. The quantitative estimate of drug-likeness (QED) is 0.899. The van der Waals surface area contributed by atoms with E-state index >= 15 is 0 Å². The molecule has 0 saturated carbocycles. The van der Waals surface area contributed by atoms with Crippen LogP contribution in [0.2, 0.25) is 0 Å². The summed E-state index contributed by atoms with van der Waals surface area (Å²) in [6.45, 7) is 4.16. The molecule has 0 amide bonds. The van der Waals surface area contributed by atoms with Crippen molar-refractivity contribution in [2.45, 2.75) is 25.8 Å². The third kappa shape index (κ3) is 2.53. The zero-order valence-electron chi connectivity index (χ0n) is 12.8. The van der Waals surface area contributed by atoms with Gasteiger partial charge in [0.15, 0.2) is 0 Å². The van der Waals surface area contributed by atoms with Gasteiger partial charge in [0.2, 0.25) is 5.95 Å². The van der Waals surface area contributed by atoms with Crippen LogP contribution in [0.1, 0.15) is 30.1 Å². The monoisotopic (exact) mass is 297 g/mol. The number of aromatic nitrogens is 4. The molecular formula is C15H19N7. The summed E-state index contributed by atoms with van der Waals surface area (Å²) in [4.78, 5) is 10.4. The van der Waals surface area contributed by atoms with Crippen molar-refractivity contribution in [3.05, 3.63) is 23.7 Å². The summed E-state index contributed by atoms with van der Waals surface area (Å²) < 4.78 is 2.06. The first-order valence-electron chi connectivity index (χ1n) is 7.35. The molecule has 1 saturated heterocycles. The van der Waals surface area contributed by atoms with E-state index in [2.05, 4.69) is 37.8 Å². The summed E-state index contributed by atoms with van der Waals surface area (Å²) in [5.74, 6) is 0.167. The molecule has 0 radical (unpaired) electrons. The van der Waals surface area contributed by atoms with Crippen molar-refractivity contribution in [2.24, 2.45) is 0 Å². The number of nitrogens with two attached hydrogens (primary N) is 1. The Hall–Kier alpha value is -2.46. The molecule has 0 unspecified atom stereocenters. The smallest absolute Gasteiger partial charge is 0.220 e. The zero-order chi connectivity index (χ0) is 15.7. The lowest BCUT2D eigenvalue weighted by Gasteiger charge is -2.29. The van der Waals surface area contributed by atoms with Crippen LogP contribution in [-0.4, -0.2) is 44.8 Å². The molecule has 2 N–H and O–H groups in total. The number of nitriles is 1. The number of nitrogen functional groups attached to an aromatic ring is 1. The average Bonchev–Trinajstić information content (AvgIpc) is 2.89. The highest BCUT2D eigenvalue weighted by atomic mass is 15.3. The minimum atomic E-state index is 0.167. The van der Waals surface area contributed by atoms with Gasteiger partial charge in [-0.2, -0.15) is 10.4 Å². The van der Waals surface area contributed by atoms with Crippen molar-refractivity contribution in [1.29, 1.82) is 5.26 Å². The van der Waals surface area contributed by atoms with Crippen LogP contribution in [0.25, 0.3) is 11.3 Å². The average molecular weight is 297 g/mol. The molecule has 0 spiro atoms. The van der Waals surface area contributed by atoms with Crippen LogP contribution < -0.4 is 5.73 Å². The van der Waals surface area contributed by atoms with Gasteiger partial charge in [0.05, 0.1) is 29.7 Å². The maximum absolute atomic E-state index is 9.24. The Morgan fingerprint density at radius 3 is 2.73 bits per heavy atom. The SMILES string of the molecule is Cc1c(-c2nc(N)ncc2C#N)cnn1C1CCN(C)CC1. The Balaban J connectivity index is 1.98. The summed E-state index contributed by atoms with van der Waals surface area (Å²) >= 11 is 0. The van der Waals surface area contributed by atoms with Crippen LogP contribution in [0.15, 0.2) is 12.4 Å². The molecule has 3 heterocycles. The molecule has 0 aliphatic carbocycles. The van der Waals surface area contributed by atoms with Gasteiger partial charge in [-0.1, -0.05) is 0 Å². The fourth-order valence-electron chi connectivity index (χ4n) is 2.95. The van der Waals surface area contributed by atoms with E-state index in [4.69, 9.17) is 5.73 Å². The van der Waals surface area contributed by atoms with Gasteiger partial charge in [-0.05, 0) is 39.9 Å². The molecule has 3 rings (SSSR count). The number of hydrogen-bond acceptors (Lipinski definition) is 6. The largest absolute Gasteiger partial charge is 0.368 e. The zero-order valence-corrected chi connectivity index (χ0v) is 12.8. The van der Waals surface area contributed by atoms with E-state index < -0.39 is 0 Å². The minimum absolute atomic E-state index is 0.167. The summed E-state index contributed by atoms with van der Waals surface area (Å²) in [6.07, 6.45) is 5.39. The first-order chi connectivity index (χ1) is 10.6. The van der Waals surface area contributed by atoms with E-state index in [0.717, 1.165) is 37.2 Å². The van der Waals surface area contributed by atoms with Gasteiger partial charge in [-0.3, -0.25) is 4.68 Å². The Morgan fingerprint density at radius 1 is 1.32 bits per heavy atom. The third-order valence-electron chi connectivity index (χ3n) is 4.26. The van der Waals surface area contributed by atoms with Crippen molar-refractivity contribution in [3.63, 3.8) is 0 Å². The lowest BCUT2D eigenvalue weighted by molar-refractivity contribution is 0.210. The van der Waals surface area contributed by atoms with Gasteiger partial charge < -0.3 is 10.6 Å². The maximum Gasteiger partial charge on any atom is 0.220 e. The van der Waals surface area contributed by atoms with E-state index in [1.165, 1.54) is 6.20 Å². The molecule has 2 aromatic rings. The van der Waals surface area contributed by atoms with Crippen molar-refractivity contribution in [3.8, 4) is 17.3 Å². The number of nitrogens with zero attached hydrogens (tertiary/aromatic N) is 6. The highest BCUT2D eigenvalue weighted by Gasteiger charge is 2.23. The number of likely N-dealkylation sites (tertiary alicyclic amines) is 1. The standard InChI is InChI=1S/C15H19N7/c1-10-13(14-11(7-16)8-18-15(17)20-14)9-19-22(10)12-3-5-21(2)6-4-12/h8-9,12H,3-6H2,1-2H3,(H2,17,18,20). The Labute approximate surface area is 129 Å². The van der Waals surface area contributed by atoms with Crippen molar-refractivity contribution in [2.75, 3.05) is 25.9 Å². The molecule has 7 heteroatoms. The summed E-state index contributed by atoms with van der Waals surface area (Å²) in [6, 6.07) is 2.52. The number of piperidine rings is 1. The molecular weight excluding hydrogens is 278 g/mol. The van der Waals surface area contributed by atoms with Gasteiger partial charge in [-0.25, -0.2) is 9.97 Å². The second-order valence-electron chi connectivity index (χ2n) is 5.72. The highest BCUT2D eigenvalue weighted by molar-refractivity contribution is 5.68. The number of rotatable bonds is 2. The second-order valence-corrected chi connectivity index (χ2v) is 5.72. The van der Waals surface area contributed by atoms with Crippen molar-refractivity contribution >= 4 is 5.95 Å². The maximum atomic E-state index is 9.24. The lowest BCUT2D eigenvalue weighted by Crippen LogP contribution is -2.32. The number of anilines is 1. The topological polar surface area (TPSA) is 96.6 Å². The van der Waals surface area contributed by atoms with Gasteiger partial charge >= 0.3 is 0 Å². The van der Waals surface area contributed by atoms with Crippen LogP contribution in [0.4, 0.5) is 5.95 Å². The molecule has 1 aliphatic rings. The predicted molar refractivity (Wildman–Crippen MR) is 82.9 cm³/mol. The van der Waals surface area contributed by atoms with E-state index in [9.17, 15) is 5.26 Å². The van der Waals surface area contributed by atoms with E-state index in [1.807, 2.05) is 6.92 Å². The summed E-state index contributed by atoms with van der Waals surface area (Å²) in [5, 5.41) is 13.8. The number of hydrogen-bond donors (Lipinski definition) is 1. The van der Waals surface area contributed by atoms with Crippen LogP contribution in [-0.2, 0) is 0 Å². The molecule has 22 heavy (non-hydrogen) atoms. The van der Waals surface area contributed by atoms with Crippen LogP contribution >= 0.6 is 0 Å². The lowest BCUT2D eigenvalue weighted by atomic mass is 10.0. The second kappa shape index (κ2) is 5.73. The fraction of sp³-hybridized carbons (Fsp3) is 0.467. The van der Waals surface area contributed by atoms with Gasteiger partial charge in [0.25, 0.3) is 0 Å². The van der Waals surface area contributed by atoms with Crippen LogP contribution in [0.3, 0.4) is 0 Å². The molecule has 2 aromatic heterocycles. The van der Waals surface area contributed by atoms with Crippen LogP contribution in [0.5, 0.6) is 0 Å². The van der Waals surface area contributed by atoms with E-state index in [1.54, 1.807) is 6.20 Å². The van der Waals surface area contributed by atoms with E-state index in [0.29, 0.717) is 17.3 Å². The fourth-order valence-corrected chi connectivity index (χ4v) is 2.95. The van der Waals surface area contributed by atoms with E-state index in [-0.39, 0.29) is 5.95 Å². The Morgan fingerprint density at radius 2 is 2.05 bits per heavy atom. The molecule has 0 bridgehead atoms. The highest BCUT2D eigenvalue weighted by Crippen LogP contribution is 2.29. The van der Waals surface area contributed by atoms with Gasteiger partial charge in [0.1, 0.15) is 6.07 Å².